The van der Waals surface area contributed by atoms with Gasteiger partial charge in [-0.25, -0.2) is 4.39 Å². The first-order chi connectivity index (χ1) is 13.2. The van der Waals surface area contributed by atoms with Crippen molar-refractivity contribution in [2.45, 2.75) is 19.1 Å². The second-order valence-electron chi connectivity index (χ2n) is 5.91. The fraction of sp³-hybridized carbons (Fsp3) is 0.263. The Morgan fingerprint density at radius 3 is 2.36 bits per heavy atom. The molecule has 0 atom stereocenters. The quantitative estimate of drug-likeness (QED) is 0.672. The van der Waals surface area contributed by atoms with E-state index in [1.165, 1.54) is 36.4 Å². The number of hydrogen-bond acceptors (Lipinski definition) is 3. The van der Waals surface area contributed by atoms with Crippen molar-refractivity contribution in [2.24, 2.45) is 0 Å². The number of ether oxygens (including phenoxy) is 1. The minimum Gasteiger partial charge on any atom is -0.484 e. The molecule has 2 amide bonds. The summed E-state index contributed by atoms with van der Waals surface area (Å²) in [5, 5.41) is 4.95. The second kappa shape index (κ2) is 9.72. The minimum absolute atomic E-state index is 0.0347. The molecule has 0 aliphatic heterocycles. The Hall–Kier alpha value is -3.10. The molecule has 2 aromatic carbocycles. The van der Waals surface area contributed by atoms with Gasteiger partial charge in [-0.2, -0.15) is 13.2 Å². The number of amides is 2. The maximum atomic E-state index is 13.1. The van der Waals surface area contributed by atoms with Gasteiger partial charge in [-0.05, 0) is 35.4 Å². The van der Waals surface area contributed by atoms with Crippen LogP contribution in [0.1, 0.15) is 11.1 Å². The number of rotatable bonds is 8. The van der Waals surface area contributed by atoms with Crippen LogP contribution in [0, 0.1) is 5.82 Å². The lowest BCUT2D eigenvalue weighted by Gasteiger charge is -2.11. The monoisotopic (exact) mass is 398 g/mol. The van der Waals surface area contributed by atoms with E-state index in [9.17, 15) is 27.2 Å². The molecule has 0 unspecified atom stereocenters. The predicted octanol–water partition coefficient (Wildman–Crippen LogP) is 2.74. The summed E-state index contributed by atoms with van der Waals surface area (Å²) in [6.07, 6.45) is -4.50. The highest BCUT2D eigenvalue weighted by Crippen LogP contribution is 2.19. The molecule has 0 heterocycles. The Labute approximate surface area is 158 Å². The number of carbonyl (C=O) groups excluding carboxylic acids is 2. The summed E-state index contributed by atoms with van der Waals surface area (Å²) in [5.74, 6) is -1.34. The van der Waals surface area contributed by atoms with Crippen molar-refractivity contribution in [3.8, 4) is 5.75 Å². The SMILES string of the molecule is O=C(CNC(=O)Cc1cccc(F)c1)NCc1cccc(OCC(F)(F)F)c1. The van der Waals surface area contributed by atoms with Crippen LogP contribution in [0.15, 0.2) is 48.5 Å². The number of benzene rings is 2. The van der Waals surface area contributed by atoms with E-state index < -0.39 is 30.4 Å². The van der Waals surface area contributed by atoms with E-state index in [1.54, 1.807) is 12.1 Å². The standard InChI is InChI=1S/C19H18F4N2O3/c20-15-5-1-3-13(7-15)9-17(26)25-11-18(27)24-10-14-4-2-6-16(8-14)28-12-19(21,22)23/h1-8H,9-12H2,(H,24,27)(H,25,26). The molecule has 150 valence electrons. The van der Waals surface area contributed by atoms with Crippen molar-refractivity contribution < 1.29 is 31.9 Å². The lowest BCUT2D eigenvalue weighted by Crippen LogP contribution is -2.37. The third kappa shape index (κ3) is 8.07. The normalized spacial score (nSPS) is 11.0. The van der Waals surface area contributed by atoms with E-state index in [-0.39, 0.29) is 25.3 Å². The summed E-state index contributed by atoms with van der Waals surface area (Å²) in [6.45, 7) is -1.62. The third-order valence-corrected chi connectivity index (χ3v) is 3.49. The lowest BCUT2D eigenvalue weighted by atomic mass is 10.1. The Morgan fingerprint density at radius 1 is 0.929 bits per heavy atom. The van der Waals surface area contributed by atoms with Gasteiger partial charge in [0.2, 0.25) is 11.8 Å². The molecule has 2 aromatic rings. The van der Waals surface area contributed by atoms with Crippen LogP contribution in [0.25, 0.3) is 0 Å². The van der Waals surface area contributed by atoms with Crippen molar-refractivity contribution in [2.75, 3.05) is 13.2 Å². The molecule has 0 aliphatic rings. The molecule has 0 saturated heterocycles. The van der Waals surface area contributed by atoms with E-state index in [0.29, 0.717) is 11.1 Å². The fourth-order valence-corrected chi connectivity index (χ4v) is 2.25. The molecule has 0 radical (unpaired) electrons. The molecule has 0 fully saturated rings. The number of alkyl halides is 3. The summed E-state index contributed by atoms with van der Waals surface area (Å²) in [5.41, 5.74) is 1.02. The smallest absolute Gasteiger partial charge is 0.422 e. The molecular formula is C19H18F4N2O3. The zero-order valence-corrected chi connectivity index (χ0v) is 14.7. The molecule has 2 N–H and O–H groups in total. The van der Waals surface area contributed by atoms with Crippen LogP contribution in [0.3, 0.4) is 0 Å². The Balaban J connectivity index is 1.74. The summed E-state index contributed by atoms with van der Waals surface area (Å²) in [6, 6.07) is 11.5. The molecule has 0 aliphatic carbocycles. The first kappa shape index (κ1) is 21.2. The first-order valence-corrected chi connectivity index (χ1v) is 8.27. The van der Waals surface area contributed by atoms with E-state index >= 15 is 0 Å². The van der Waals surface area contributed by atoms with Gasteiger partial charge < -0.3 is 15.4 Å². The van der Waals surface area contributed by atoms with E-state index in [1.807, 2.05) is 0 Å². The van der Waals surface area contributed by atoms with Gasteiger partial charge in [-0.15, -0.1) is 0 Å². The Bertz CT molecular complexity index is 825. The molecule has 9 heteroatoms. The van der Waals surface area contributed by atoms with Crippen LogP contribution in [0.5, 0.6) is 5.75 Å². The molecule has 2 rings (SSSR count). The van der Waals surface area contributed by atoms with Crippen molar-refractivity contribution in [3.63, 3.8) is 0 Å². The van der Waals surface area contributed by atoms with Gasteiger partial charge >= 0.3 is 6.18 Å². The van der Waals surface area contributed by atoms with Gasteiger partial charge in [0, 0.05) is 6.54 Å². The van der Waals surface area contributed by atoms with Crippen LogP contribution in [-0.2, 0) is 22.6 Å². The Morgan fingerprint density at radius 2 is 1.64 bits per heavy atom. The topological polar surface area (TPSA) is 67.4 Å². The van der Waals surface area contributed by atoms with Crippen LogP contribution in [-0.4, -0.2) is 31.1 Å². The molecular weight excluding hydrogens is 380 g/mol. The minimum atomic E-state index is -4.44. The average molecular weight is 398 g/mol. The lowest BCUT2D eigenvalue weighted by molar-refractivity contribution is -0.153. The highest BCUT2D eigenvalue weighted by Gasteiger charge is 2.28. The van der Waals surface area contributed by atoms with Crippen molar-refractivity contribution in [1.82, 2.24) is 10.6 Å². The molecule has 0 aromatic heterocycles. The van der Waals surface area contributed by atoms with Crippen molar-refractivity contribution >= 4 is 11.8 Å². The van der Waals surface area contributed by atoms with E-state index in [4.69, 9.17) is 0 Å². The third-order valence-electron chi connectivity index (χ3n) is 3.49. The number of hydrogen-bond donors (Lipinski definition) is 2. The number of nitrogens with one attached hydrogen (secondary N) is 2. The molecule has 0 spiro atoms. The van der Waals surface area contributed by atoms with Gasteiger partial charge in [0.05, 0.1) is 13.0 Å². The zero-order valence-electron chi connectivity index (χ0n) is 14.7. The summed E-state index contributed by atoms with van der Waals surface area (Å²) in [7, 11) is 0. The largest absolute Gasteiger partial charge is 0.484 e. The second-order valence-corrected chi connectivity index (χ2v) is 5.91. The van der Waals surface area contributed by atoms with Gasteiger partial charge in [0.15, 0.2) is 6.61 Å². The van der Waals surface area contributed by atoms with Crippen molar-refractivity contribution in [1.29, 1.82) is 0 Å². The summed E-state index contributed by atoms with van der Waals surface area (Å²) < 4.78 is 54.2. The first-order valence-electron chi connectivity index (χ1n) is 8.27. The van der Waals surface area contributed by atoms with Crippen LogP contribution in [0.4, 0.5) is 17.6 Å². The molecule has 28 heavy (non-hydrogen) atoms. The van der Waals surface area contributed by atoms with Gasteiger partial charge in [0.25, 0.3) is 0 Å². The fourth-order valence-electron chi connectivity index (χ4n) is 2.25. The number of halogens is 4. The van der Waals surface area contributed by atoms with Gasteiger partial charge in [0.1, 0.15) is 11.6 Å². The predicted molar refractivity (Wildman–Crippen MR) is 93.0 cm³/mol. The average Bonchev–Trinajstić information content (AvgIpc) is 2.63. The number of carbonyl (C=O) groups is 2. The molecule has 5 nitrogen and oxygen atoms in total. The van der Waals surface area contributed by atoms with Crippen LogP contribution >= 0.6 is 0 Å². The summed E-state index contributed by atoms with van der Waals surface area (Å²) in [4.78, 5) is 23.6. The molecule has 0 saturated carbocycles. The zero-order chi connectivity index (χ0) is 20.6. The highest BCUT2D eigenvalue weighted by molar-refractivity contribution is 5.85. The van der Waals surface area contributed by atoms with Gasteiger partial charge in [-0.3, -0.25) is 9.59 Å². The van der Waals surface area contributed by atoms with Crippen LogP contribution < -0.4 is 15.4 Å². The van der Waals surface area contributed by atoms with Gasteiger partial charge in [-0.1, -0.05) is 24.3 Å². The Kier molecular flexibility index (Phi) is 7.36. The van der Waals surface area contributed by atoms with Crippen molar-refractivity contribution in [3.05, 3.63) is 65.5 Å². The summed E-state index contributed by atoms with van der Waals surface area (Å²) >= 11 is 0. The van der Waals surface area contributed by atoms with E-state index in [0.717, 1.165) is 0 Å². The maximum Gasteiger partial charge on any atom is 0.422 e. The van der Waals surface area contributed by atoms with E-state index in [2.05, 4.69) is 15.4 Å². The van der Waals surface area contributed by atoms with Crippen LogP contribution in [0.2, 0.25) is 0 Å². The highest BCUT2D eigenvalue weighted by atomic mass is 19.4. The molecule has 0 bridgehead atoms. The maximum absolute atomic E-state index is 13.1.